The van der Waals surface area contributed by atoms with Crippen molar-refractivity contribution in [3.8, 4) is 10.4 Å². The fraction of sp³-hybridized carbons (Fsp3) is 0.316. The molecule has 4 rings (SSSR count). The molecule has 0 spiro atoms. The number of benzene rings is 1. The van der Waals surface area contributed by atoms with Gasteiger partial charge in [-0.25, -0.2) is 15.6 Å². The van der Waals surface area contributed by atoms with Crippen molar-refractivity contribution in [2.24, 2.45) is 11.3 Å². The summed E-state index contributed by atoms with van der Waals surface area (Å²) in [6, 6.07) is 4.90. The summed E-state index contributed by atoms with van der Waals surface area (Å²) in [6.07, 6.45) is 2.49. The van der Waals surface area contributed by atoms with Gasteiger partial charge in [0.05, 0.1) is 21.6 Å². The van der Waals surface area contributed by atoms with Crippen LogP contribution in [0, 0.1) is 5.41 Å². The first-order chi connectivity index (χ1) is 12.2. The highest BCUT2D eigenvalue weighted by molar-refractivity contribution is 7.16. The first-order valence-electron chi connectivity index (χ1n) is 8.36. The van der Waals surface area contributed by atoms with Crippen molar-refractivity contribution < 1.29 is 19.5 Å². The van der Waals surface area contributed by atoms with E-state index in [9.17, 15) is 19.5 Å². The van der Waals surface area contributed by atoms with Crippen LogP contribution in [0.15, 0.2) is 18.2 Å². The maximum atomic E-state index is 12.5. The summed E-state index contributed by atoms with van der Waals surface area (Å²) < 4.78 is 0. The molecule has 134 valence electrons. The SMILES string of the molecule is CC1(C)CCc2sc(-c3cccc4c3C(=O)N(N)C4=O)c(C(=O)O)c2C1. The van der Waals surface area contributed by atoms with Crippen LogP contribution in [-0.4, -0.2) is 27.9 Å². The number of nitrogens with zero attached hydrogens (tertiary/aromatic N) is 1. The van der Waals surface area contributed by atoms with Crippen molar-refractivity contribution in [2.45, 2.75) is 33.1 Å². The second-order valence-corrected chi connectivity index (χ2v) is 8.67. The Balaban J connectivity index is 1.98. The van der Waals surface area contributed by atoms with E-state index in [4.69, 9.17) is 5.84 Å². The Morgan fingerprint density at radius 2 is 1.92 bits per heavy atom. The van der Waals surface area contributed by atoms with Crippen LogP contribution in [0.5, 0.6) is 0 Å². The lowest BCUT2D eigenvalue weighted by Crippen LogP contribution is -2.36. The van der Waals surface area contributed by atoms with Gasteiger partial charge in [0.1, 0.15) is 0 Å². The van der Waals surface area contributed by atoms with Crippen LogP contribution in [0.4, 0.5) is 0 Å². The van der Waals surface area contributed by atoms with E-state index in [2.05, 4.69) is 13.8 Å². The van der Waals surface area contributed by atoms with E-state index < -0.39 is 17.8 Å². The highest BCUT2D eigenvalue weighted by Gasteiger charge is 2.39. The van der Waals surface area contributed by atoms with Crippen molar-refractivity contribution in [3.05, 3.63) is 45.3 Å². The van der Waals surface area contributed by atoms with Gasteiger partial charge in [0.2, 0.25) is 0 Å². The topological polar surface area (TPSA) is 101 Å². The molecular formula is C19H18N2O4S. The number of rotatable bonds is 2. The number of thiophene rings is 1. The van der Waals surface area contributed by atoms with E-state index in [1.807, 2.05) is 0 Å². The Hall–Kier alpha value is -2.51. The van der Waals surface area contributed by atoms with Gasteiger partial charge >= 0.3 is 5.97 Å². The quantitative estimate of drug-likeness (QED) is 0.481. The Bertz CT molecular complexity index is 990. The van der Waals surface area contributed by atoms with Gasteiger partial charge in [-0.2, -0.15) is 0 Å². The van der Waals surface area contributed by atoms with Crippen LogP contribution in [0.2, 0.25) is 0 Å². The fourth-order valence-corrected chi connectivity index (χ4v) is 5.17. The molecule has 2 heterocycles. The number of hydrazine groups is 1. The molecule has 0 fully saturated rings. The van der Waals surface area contributed by atoms with Crippen LogP contribution >= 0.6 is 11.3 Å². The Morgan fingerprint density at radius 1 is 1.23 bits per heavy atom. The van der Waals surface area contributed by atoms with Gasteiger partial charge in [-0.05, 0) is 36.3 Å². The molecule has 0 bridgehead atoms. The normalized spacial score (nSPS) is 18.0. The summed E-state index contributed by atoms with van der Waals surface area (Å²) >= 11 is 1.41. The smallest absolute Gasteiger partial charge is 0.337 e. The lowest BCUT2D eigenvalue weighted by Gasteiger charge is -2.29. The molecule has 1 aromatic carbocycles. The molecule has 26 heavy (non-hydrogen) atoms. The number of carbonyl (C=O) groups is 3. The molecule has 0 unspecified atom stereocenters. The molecule has 1 aliphatic heterocycles. The van der Waals surface area contributed by atoms with E-state index in [1.165, 1.54) is 11.3 Å². The number of carboxylic acid groups (broad SMARTS) is 1. The van der Waals surface area contributed by atoms with Crippen LogP contribution in [0.25, 0.3) is 10.4 Å². The number of aromatic carboxylic acids is 1. The third kappa shape index (κ3) is 2.31. The number of hydrogen-bond acceptors (Lipinski definition) is 5. The Labute approximate surface area is 154 Å². The number of nitrogens with two attached hydrogens (primary N) is 1. The largest absolute Gasteiger partial charge is 0.478 e. The van der Waals surface area contributed by atoms with E-state index >= 15 is 0 Å². The van der Waals surface area contributed by atoms with Crippen molar-refractivity contribution >= 4 is 29.1 Å². The number of fused-ring (bicyclic) bond motifs is 2. The van der Waals surface area contributed by atoms with Gasteiger partial charge in [0.25, 0.3) is 11.8 Å². The molecule has 7 heteroatoms. The number of carbonyl (C=O) groups excluding carboxylic acids is 2. The molecule has 1 aromatic heterocycles. The van der Waals surface area contributed by atoms with E-state index in [1.54, 1.807) is 18.2 Å². The highest BCUT2D eigenvalue weighted by atomic mass is 32.1. The molecular weight excluding hydrogens is 352 g/mol. The number of aryl methyl sites for hydroxylation is 1. The third-order valence-electron chi connectivity index (χ3n) is 5.18. The number of amides is 2. The predicted molar refractivity (Wildman–Crippen MR) is 97.2 cm³/mol. The maximum Gasteiger partial charge on any atom is 0.337 e. The van der Waals surface area contributed by atoms with Gasteiger partial charge in [0, 0.05) is 10.4 Å². The molecule has 2 amide bonds. The molecule has 6 nitrogen and oxygen atoms in total. The van der Waals surface area contributed by atoms with Crippen molar-refractivity contribution in [3.63, 3.8) is 0 Å². The van der Waals surface area contributed by atoms with Crippen molar-refractivity contribution in [1.82, 2.24) is 5.01 Å². The van der Waals surface area contributed by atoms with Gasteiger partial charge in [0.15, 0.2) is 0 Å². The maximum absolute atomic E-state index is 12.5. The van der Waals surface area contributed by atoms with Crippen molar-refractivity contribution in [1.29, 1.82) is 0 Å². The summed E-state index contributed by atoms with van der Waals surface area (Å²) in [7, 11) is 0. The summed E-state index contributed by atoms with van der Waals surface area (Å²) in [6.45, 7) is 4.27. The second kappa shape index (κ2) is 5.49. The fourth-order valence-electron chi connectivity index (χ4n) is 3.83. The molecule has 1 aliphatic carbocycles. The minimum absolute atomic E-state index is 0.0357. The van der Waals surface area contributed by atoms with Crippen LogP contribution in [0.1, 0.15) is 61.8 Å². The van der Waals surface area contributed by atoms with Crippen LogP contribution < -0.4 is 5.84 Å². The molecule has 0 radical (unpaired) electrons. The van der Waals surface area contributed by atoms with Crippen molar-refractivity contribution in [2.75, 3.05) is 0 Å². The average Bonchev–Trinajstić information content (AvgIpc) is 3.05. The zero-order chi connectivity index (χ0) is 18.8. The average molecular weight is 370 g/mol. The molecule has 3 N–H and O–H groups in total. The van der Waals surface area contributed by atoms with E-state index in [-0.39, 0.29) is 22.1 Å². The minimum atomic E-state index is -1.01. The van der Waals surface area contributed by atoms with Gasteiger partial charge in [-0.15, -0.1) is 11.3 Å². The Morgan fingerprint density at radius 3 is 2.62 bits per heavy atom. The summed E-state index contributed by atoms with van der Waals surface area (Å²) in [5.74, 6) is 3.41. The lowest BCUT2D eigenvalue weighted by molar-refractivity contribution is 0.0649. The molecule has 0 atom stereocenters. The summed E-state index contributed by atoms with van der Waals surface area (Å²) in [4.78, 5) is 38.3. The van der Waals surface area contributed by atoms with E-state index in [0.717, 1.165) is 23.3 Å². The number of imide groups is 1. The summed E-state index contributed by atoms with van der Waals surface area (Å²) in [5, 5.41) is 10.5. The van der Waals surface area contributed by atoms with Gasteiger partial charge < -0.3 is 5.11 Å². The minimum Gasteiger partial charge on any atom is -0.478 e. The van der Waals surface area contributed by atoms with E-state index in [0.29, 0.717) is 21.9 Å². The van der Waals surface area contributed by atoms with Crippen LogP contribution in [0.3, 0.4) is 0 Å². The lowest BCUT2D eigenvalue weighted by atomic mass is 9.76. The second-order valence-electron chi connectivity index (χ2n) is 7.56. The number of carboxylic acids is 1. The monoisotopic (exact) mass is 370 g/mol. The standard InChI is InChI=1S/C19H18N2O4S/c1-19(2)7-6-12-11(8-19)14(18(24)25)15(26-12)9-4-3-5-10-13(9)17(23)21(20)16(10)22/h3-5H,6-8,20H2,1-2H3,(H,24,25). The third-order valence-corrected chi connectivity index (χ3v) is 6.50. The predicted octanol–water partition coefficient (Wildman–Crippen LogP) is 3.10. The van der Waals surface area contributed by atoms with Crippen LogP contribution in [-0.2, 0) is 12.8 Å². The highest BCUT2D eigenvalue weighted by Crippen LogP contribution is 2.46. The molecule has 0 saturated heterocycles. The first kappa shape index (κ1) is 16.9. The Kier molecular flexibility index (Phi) is 3.58. The molecule has 2 aliphatic rings. The zero-order valence-corrected chi connectivity index (χ0v) is 15.3. The van der Waals surface area contributed by atoms with Gasteiger partial charge in [-0.1, -0.05) is 26.0 Å². The molecule has 2 aromatic rings. The number of hydrogen-bond donors (Lipinski definition) is 2. The summed E-state index contributed by atoms with van der Waals surface area (Å²) in [5.41, 5.74) is 2.03. The first-order valence-corrected chi connectivity index (χ1v) is 9.17. The van der Waals surface area contributed by atoms with Gasteiger partial charge in [-0.3, -0.25) is 9.59 Å². The molecule has 0 saturated carbocycles. The zero-order valence-electron chi connectivity index (χ0n) is 14.5.